The maximum atomic E-state index is 12.5. The molecule has 0 fully saturated rings. The molecule has 3 aromatic rings. The number of carbonyl (C=O) groups excluding carboxylic acids is 1. The van der Waals surface area contributed by atoms with Crippen molar-refractivity contribution in [3.05, 3.63) is 69.8 Å². The van der Waals surface area contributed by atoms with Crippen LogP contribution in [0.15, 0.2) is 59.2 Å². The predicted molar refractivity (Wildman–Crippen MR) is 98.9 cm³/mol. The van der Waals surface area contributed by atoms with Crippen molar-refractivity contribution in [2.45, 2.75) is 6.54 Å². The van der Waals surface area contributed by atoms with Gasteiger partial charge in [0.05, 0.1) is 7.05 Å². The number of nitrogens with zero attached hydrogens (tertiary/aromatic N) is 2. The zero-order valence-electron chi connectivity index (χ0n) is 13.4. The lowest BCUT2D eigenvalue weighted by atomic mass is 10.1. The Morgan fingerprint density at radius 2 is 1.92 bits per heavy atom. The summed E-state index contributed by atoms with van der Waals surface area (Å²) >= 11 is 9.32. The first-order valence-electron chi connectivity index (χ1n) is 7.35. The van der Waals surface area contributed by atoms with Crippen molar-refractivity contribution < 1.29 is 26.3 Å². The summed E-state index contributed by atoms with van der Waals surface area (Å²) in [5.74, 6) is 0.518. The zero-order chi connectivity index (χ0) is 17.3. The highest BCUT2D eigenvalue weighted by Gasteiger charge is 2.20. The van der Waals surface area contributed by atoms with Crippen LogP contribution in [0, 0.1) is 0 Å². The SMILES string of the molecule is Cn1c(-c2ccc(Cl)cc2)c[n+](CC(=O)c2cccc(Br)c2)c1N.[Br-]. The number of benzene rings is 2. The minimum atomic E-state index is 0. The lowest BCUT2D eigenvalue weighted by Gasteiger charge is -2.01. The van der Waals surface area contributed by atoms with E-state index in [1.165, 1.54) is 0 Å². The van der Waals surface area contributed by atoms with E-state index in [9.17, 15) is 4.79 Å². The van der Waals surface area contributed by atoms with Crippen LogP contribution in [0.1, 0.15) is 10.4 Å². The van der Waals surface area contributed by atoms with Gasteiger partial charge < -0.3 is 17.0 Å². The van der Waals surface area contributed by atoms with Gasteiger partial charge >= 0.3 is 5.95 Å². The standard InChI is InChI=1S/C18H15BrClN3O.BrH/c1-22-16(12-5-7-15(20)8-6-12)10-23(18(22)21)11-17(24)13-3-2-4-14(19)9-13;/h2-10,21H,11H2,1H3;1H. The molecule has 0 spiro atoms. The first kappa shape index (κ1) is 19.7. The van der Waals surface area contributed by atoms with Gasteiger partial charge in [-0.1, -0.05) is 39.7 Å². The van der Waals surface area contributed by atoms with Crippen LogP contribution in [-0.2, 0) is 13.6 Å². The number of anilines is 1. The van der Waals surface area contributed by atoms with Crippen molar-refractivity contribution in [3.63, 3.8) is 0 Å². The summed E-state index contributed by atoms with van der Waals surface area (Å²) in [4.78, 5) is 12.5. The van der Waals surface area contributed by atoms with E-state index in [-0.39, 0.29) is 29.3 Å². The summed E-state index contributed by atoms with van der Waals surface area (Å²) in [5, 5.41) is 0.679. The highest BCUT2D eigenvalue weighted by molar-refractivity contribution is 9.10. The van der Waals surface area contributed by atoms with Gasteiger partial charge in [-0.3, -0.25) is 10.5 Å². The molecule has 0 aliphatic rings. The summed E-state index contributed by atoms with van der Waals surface area (Å²) in [6.07, 6.45) is 1.88. The smallest absolute Gasteiger partial charge is 0.355 e. The minimum Gasteiger partial charge on any atom is -1.00 e. The largest absolute Gasteiger partial charge is 1.00 e. The highest BCUT2D eigenvalue weighted by Crippen LogP contribution is 2.22. The molecule has 0 aliphatic heterocycles. The molecule has 130 valence electrons. The quantitative estimate of drug-likeness (QED) is 0.441. The molecule has 1 aromatic heterocycles. The van der Waals surface area contributed by atoms with Gasteiger partial charge in [0.15, 0.2) is 5.78 Å². The molecule has 0 saturated heterocycles. The number of hydrogen-bond acceptors (Lipinski definition) is 2. The molecule has 4 nitrogen and oxygen atoms in total. The topological polar surface area (TPSA) is 51.9 Å². The molecule has 0 radical (unpaired) electrons. The second-order valence-corrected chi connectivity index (χ2v) is 6.85. The predicted octanol–water partition coefficient (Wildman–Crippen LogP) is 0.865. The van der Waals surface area contributed by atoms with E-state index in [0.717, 1.165) is 15.7 Å². The molecule has 0 saturated carbocycles. The van der Waals surface area contributed by atoms with Crippen LogP contribution in [0.2, 0.25) is 5.02 Å². The van der Waals surface area contributed by atoms with Crippen LogP contribution in [0.5, 0.6) is 0 Å². The Balaban J connectivity index is 0.00000225. The van der Waals surface area contributed by atoms with Crippen molar-refractivity contribution >= 4 is 39.3 Å². The molecular weight excluding hydrogens is 469 g/mol. The van der Waals surface area contributed by atoms with E-state index in [2.05, 4.69) is 15.9 Å². The Labute approximate surface area is 170 Å². The molecule has 0 amide bonds. The number of rotatable bonds is 4. The maximum absolute atomic E-state index is 12.5. The number of imidazole rings is 1. The third kappa shape index (κ3) is 4.32. The number of nitrogen functional groups attached to an aromatic ring is 1. The van der Waals surface area contributed by atoms with Crippen LogP contribution in [-0.4, -0.2) is 10.4 Å². The lowest BCUT2D eigenvalue weighted by Crippen LogP contribution is -3.00. The Morgan fingerprint density at radius 3 is 2.56 bits per heavy atom. The fraction of sp³-hybridized carbons (Fsp3) is 0.111. The highest BCUT2D eigenvalue weighted by atomic mass is 79.9. The van der Waals surface area contributed by atoms with Gasteiger partial charge in [-0.25, -0.2) is 9.13 Å². The average Bonchev–Trinajstić information content (AvgIpc) is 2.84. The van der Waals surface area contributed by atoms with Crippen LogP contribution >= 0.6 is 27.5 Å². The average molecular weight is 486 g/mol. The Bertz CT molecular complexity index is 907. The van der Waals surface area contributed by atoms with E-state index in [0.29, 0.717) is 16.5 Å². The summed E-state index contributed by atoms with van der Waals surface area (Å²) in [5.41, 5.74) is 8.72. The first-order valence-corrected chi connectivity index (χ1v) is 8.52. The van der Waals surface area contributed by atoms with Gasteiger partial charge in [0, 0.05) is 20.6 Å². The molecule has 1 heterocycles. The van der Waals surface area contributed by atoms with E-state index in [4.69, 9.17) is 17.3 Å². The number of Topliss-reactive ketones (excluding diaryl/α,β-unsaturated/α-hetero) is 1. The molecule has 2 N–H and O–H groups in total. The van der Waals surface area contributed by atoms with Crippen LogP contribution < -0.4 is 27.3 Å². The number of carbonyl (C=O) groups is 1. The third-order valence-electron chi connectivity index (χ3n) is 3.88. The van der Waals surface area contributed by atoms with Crippen molar-refractivity contribution in [3.8, 4) is 11.3 Å². The molecule has 3 rings (SSSR count). The molecule has 0 aliphatic carbocycles. The van der Waals surface area contributed by atoms with Gasteiger partial charge in [-0.05, 0) is 36.4 Å². The van der Waals surface area contributed by atoms with Crippen molar-refractivity contribution in [1.82, 2.24) is 4.57 Å². The molecule has 25 heavy (non-hydrogen) atoms. The Morgan fingerprint density at radius 1 is 1.24 bits per heavy atom. The Hall–Kier alpha value is -1.63. The third-order valence-corrected chi connectivity index (χ3v) is 4.62. The van der Waals surface area contributed by atoms with Crippen molar-refractivity contribution in [1.29, 1.82) is 0 Å². The molecule has 0 atom stereocenters. The van der Waals surface area contributed by atoms with Crippen LogP contribution in [0.25, 0.3) is 11.3 Å². The van der Waals surface area contributed by atoms with Gasteiger partial charge in [-0.15, -0.1) is 0 Å². The second kappa shape index (κ2) is 8.17. The van der Waals surface area contributed by atoms with Gasteiger partial charge in [0.1, 0.15) is 18.4 Å². The fourth-order valence-corrected chi connectivity index (χ4v) is 3.07. The molecule has 0 unspecified atom stereocenters. The maximum Gasteiger partial charge on any atom is 0.355 e. The second-order valence-electron chi connectivity index (χ2n) is 5.50. The van der Waals surface area contributed by atoms with Crippen LogP contribution in [0.3, 0.4) is 0 Å². The van der Waals surface area contributed by atoms with E-state index in [1.807, 2.05) is 60.3 Å². The van der Waals surface area contributed by atoms with Crippen molar-refractivity contribution in [2.75, 3.05) is 5.73 Å². The van der Waals surface area contributed by atoms with Gasteiger partial charge in [0.2, 0.25) is 0 Å². The van der Waals surface area contributed by atoms with E-state index in [1.54, 1.807) is 10.6 Å². The van der Waals surface area contributed by atoms with Gasteiger partial charge in [0.25, 0.3) is 0 Å². The molecule has 2 aromatic carbocycles. The fourth-order valence-electron chi connectivity index (χ4n) is 2.54. The molecular formula is C18H16Br2ClN3O. The monoisotopic (exact) mass is 483 g/mol. The number of halogens is 3. The number of hydrogen-bond donors (Lipinski definition) is 1. The summed E-state index contributed by atoms with van der Waals surface area (Å²) < 4.78 is 4.49. The molecule has 0 bridgehead atoms. The number of ketones is 1. The van der Waals surface area contributed by atoms with Crippen molar-refractivity contribution in [2.24, 2.45) is 7.05 Å². The van der Waals surface area contributed by atoms with Gasteiger partial charge in [-0.2, -0.15) is 0 Å². The molecule has 7 heteroatoms. The summed E-state index contributed by atoms with van der Waals surface area (Å²) in [7, 11) is 1.87. The normalized spacial score (nSPS) is 10.4. The number of aromatic nitrogens is 2. The van der Waals surface area contributed by atoms with E-state index >= 15 is 0 Å². The van der Waals surface area contributed by atoms with E-state index < -0.39 is 0 Å². The zero-order valence-corrected chi connectivity index (χ0v) is 17.3. The Kier molecular flexibility index (Phi) is 6.43. The summed E-state index contributed by atoms with van der Waals surface area (Å²) in [6, 6.07) is 14.9. The number of nitrogens with two attached hydrogens (primary N) is 1. The lowest BCUT2D eigenvalue weighted by molar-refractivity contribution is -0.667. The first-order chi connectivity index (χ1) is 11.5. The minimum absolute atomic E-state index is 0. The van der Waals surface area contributed by atoms with Crippen LogP contribution in [0.4, 0.5) is 5.95 Å². The summed E-state index contributed by atoms with van der Waals surface area (Å²) in [6.45, 7) is 0.184.